The van der Waals surface area contributed by atoms with Crippen molar-refractivity contribution in [2.24, 2.45) is 0 Å². The van der Waals surface area contributed by atoms with E-state index < -0.39 is 16.2 Å². The van der Waals surface area contributed by atoms with Gasteiger partial charge in [-0.3, -0.25) is 24.5 Å². The molecule has 2 aromatic rings. The number of nitro groups is 1. The third-order valence-corrected chi connectivity index (χ3v) is 4.32. The molecule has 1 aromatic carbocycles. The first-order chi connectivity index (χ1) is 11.4. The number of aromatic nitrogens is 2. The highest BCUT2D eigenvalue weighted by atomic mass is 32.2. The molecule has 2 rings (SSSR count). The highest BCUT2D eigenvalue weighted by Crippen LogP contribution is 2.29. The number of nitro benzene ring substituents is 1. The van der Waals surface area contributed by atoms with E-state index in [9.17, 15) is 19.7 Å². The minimum Gasteiger partial charge on any atom is -0.394 e. The fourth-order valence-electron chi connectivity index (χ4n) is 1.87. The molecular formula is C14H15N3O6S. The van der Waals surface area contributed by atoms with Crippen molar-refractivity contribution in [3.05, 3.63) is 60.8 Å². The van der Waals surface area contributed by atoms with Crippen molar-refractivity contribution in [1.29, 1.82) is 0 Å². The van der Waals surface area contributed by atoms with Gasteiger partial charge in [-0.2, -0.15) is 0 Å². The summed E-state index contributed by atoms with van der Waals surface area (Å²) >= 11 is 1.13. The Morgan fingerprint density at radius 3 is 2.58 bits per heavy atom. The molecular weight excluding hydrogens is 338 g/mol. The first kappa shape index (κ1) is 17.9. The SMILES string of the molecule is Cc1c(Sc2ccc([N+](=O)[O-])cc2)n(COCCO)c(=O)[nH]c1=O. The molecule has 0 bridgehead atoms. The molecule has 0 saturated carbocycles. The zero-order chi connectivity index (χ0) is 17.7. The summed E-state index contributed by atoms with van der Waals surface area (Å²) in [5, 5.41) is 19.8. The molecule has 0 fully saturated rings. The van der Waals surface area contributed by atoms with Gasteiger partial charge in [-0.25, -0.2) is 4.79 Å². The number of rotatable bonds is 7. The van der Waals surface area contributed by atoms with Gasteiger partial charge >= 0.3 is 5.69 Å². The second-order valence-corrected chi connectivity index (χ2v) is 5.79. The van der Waals surface area contributed by atoms with E-state index in [1.54, 1.807) is 6.92 Å². The Hall–Kier alpha value is -2.43. The quantitative estimate of drug-likeness (QED) is 0.327. The minimum atomic E-state index is -0.632. The third kappa shape index (κ3) is 4.10. The smallest absolute Gasteiger partial charge is 0.331 e. The van der Waals surface area contributed by atoms with Gasteiger partial charge in [0.1, 0.15) is 6.73 Å². The second kappa shape index (κ2) is 7.90. The highest BCUT2D eigenvalue weighted by Gasteiger charge is 2.14. The Morgan fingerprint density at radius 2 is 2.00 bits per heavy atom. The van der Waals surface area contributed by atoms with E-state index in [1.807, 2.05) is 0 Å². The van der Waals surface area contributed by atoms with Crippen LogP contribution in [0.3, 0.4) is 0 Å². The molecule has 0 atom stereocenters. The van der Waals surface area contributed by atoms with Crippen molar-refractivity contribution in [2.45, 2.75) is 23.6 Å². The van der Waals surface area contributed by atoms with Gasteiger partial charge in [0.05, 0.1) is 23.2 Å². The number of H-pyrrole nitrogens is 1. The zero-order valence-electron chi connectivity index (χ0n) is 12.7. The van der Waals surface area contributed by atoms with E-state index in [4.69, 9.17) is 9.84 Å². The largest absolute Gasteiger partial charge is 0.394 e. The lowest BCUT2D eigenvalue weighted by Crippen LogP contribution is -2.33. The molecule has 0 unspecified atom stereocenters. The summed E-state index contributed by atoms with van der Waals surface area (Å²) in [6.07, 6.45) is 0. The maximum absolute atomic E-state index is 12.0. The maximum Gasteiger partial charge on any atom is 0.331 e. The van der Waals surface area contributed by atoms with Crippen molar-refractivity contribution >= 4 is 17.4 Å². The van der Waals surface area contributed by atoms with Gasteiger partial charge in [0.15, 0.2) is 0 Å². The molecule has 2 N–H and O–H groups in total. The summed E-state index contributed by atoms with van der Waals surface area (Å²) in [5.41, 5.74) is -0.869. The fourth-order valence-corrected chi connectivity index (χ4v) is 2.85. The second-order valence-electron chi connectivity index (χ2n) is 4.73. The van der Waals surface area contributed by atoms with Crippen LogP contribution in [0.5, 0.6) is 0 Å². The minimum absolute atomic E-state index is 0.0479. The normalized spacial score (nSPS) is 10.8. The summed E-state index contributed by atoms with van der Waals surface area (Å²) in [4.78, 5) is 36.8. The summed E-state index contributed by atoms with van der Waals surface area (Å²) in [6.45, 7) is 1.29. The van der Waals surface area contributed by atoms with Gasteiger partial charge in [-0.15, -0.1) is 0 Å². The van der Waals surface area contributed by atoms with Crippen molar-refractivity contribution in [3.63, 3.8) is 0 Å². The first-order valence-electron chi connectivity index (χ1n) is 6.88. The monoisotopic (exact) mass is 353 g/mol. The molecule has 0 amide bonds. The van der Waals surface area contributed by atoms with Gasteiger partial charge in [0.2, 0.25) is 0 Å². The van der Waals surface area contributed by atoms with Gasteiger partial charge in [-0.05, 0) is 19.1 Å². The number of nitrogens with zero attached hydrogens (tertiary/aromatic N) is 2. The number of hydrogen-bond donors (Lipinski definition) is 2. The Kier molecular flexibility index (Phi) is 5.90. The first-order valence-corrected chi connectivity index (χ1v) is 7.70. The topological polar surface area (TPSA) is 127 Å². The Labute approximate surface area is 140 Å². The van der Waals surface area contributed by atoms with E-state index in [1.165, 1.54) is 28.8 Å². The van der Waals surface area contributed by atoms with Crippen molar-refractivity contribution in [3.8, 4) is 0 Å². The molecule has 128 valence electrons. The molecule has 10 heteroatoms. The van der Waals surface area contributed by atoms with Crippen LogP contribution < -0.4 is 11.2 Å². The number of ether oxygens (including phenoxy) is 1. The van der Waals surface area contributed by atoms with Crippen LogP contribution >= 0.6 is 11.8 Å². The summed E-state index contributed by atoms with van der Waals surface area (Å²) in [6, 6.07) is 5.75. The summed E-state index contributed by atoms with van der Waals surface area (Å²) in [7, 11) is 0. The van der Waals surface area contributed by atoms with Gasteiger partial charge < -0.3 is 9.84 Å². The zero-order valence-corrected chi connectivity index (χ0v) is 13.5. The van der Waals surface area contributed by atoms with Crippen LogP contribution in [-0.4, -0.2) is 32.8 Å². The average Bonchev–Trinajstić information content (AvgIpc) is 2.55. The van der Waals surface area contributed by atoms with E-state index in [0.717, 1.165) is 11.8 Å². The third-order valence-electron chi connectivity index (χ3n) is 3.09. The number of aromatic amines is 1. The molecule has 0 aliphatic heterocycles. The molecule has 0 saturated heterocycles. The van der Waals surface area contributed by atoms with Gasteiger partial charge in [-0.1, -0.05) is 11.8 Å². The molecule has 0 spiro atoms. The summed E-state index contributed by atoms with van der Waals surface area (Å²) < 4.78 is 6.40. The Bertz CT molecular complexity index is 843. The predicted molar refractivity (Wildman–Crippen MR) is 86.3 cm³/mol. The standard InChI is InChI=1S/C14H15N3O6S/c1-9-12(19)15-14(20)16(8-23-7-6-18)13(9)24-11-4-2-10(3-5-11)17(21)22/h2-5,18H,6-8H2,1H3,(H,15,19,20). The number of non-ortho nitro benzene ring substituents is 1. The number of hydrogen-bond acceptors (Lipinski definition) is 7. The van der Waals surface area contributed by atoms with Crippen LogP contribution in [0.4, 0.5) is 5.69 Å². The van der Waals surface area contributed by atoms with E-state index in [0.29, 0.717) is 15.5 Å². The molecule has 0 radical (unpaired) electrons. The van der Waals surface area contributed by atoms with E-state index in [2.05, 4.69) is 4.98 Å². The molecule has 0 aliphatic carbocycles. The van der Waals surface area contributed by atoms with Gasteiger partial charge in [0.25, 0.3) is 11.2 Å². The highest BCUT2D eigenvalue weighted by molar-refractivity contribution is 7.99. The fraction of sp³-hybridized carbons (Fsp3) is 0.286. The maximum atomic E-state index is 12.0. The molecule has 1 aromatic heterocycles. The molecule has 1 heterocycles. The number of nitrogens with one attached hydrogen (secondary N) is 1. The Morgan fingerprint density at radius 1 is 1.33 bits per heavy atom. The average molecular weight is 353 g/mol. The van der Waals surface area contributed by atoms with Crippen LogP contribution in [0.2, 0.25) is 0 Å². The molecule has 9 nitrogen and oxygen atoms in total. The van der Waals surface area contributed by atoms with Crippen molar-refractivity contribution in [2.75, 3.05) is 13.2 Å². The van der Waals surface area contributed by atoms with Crippen LogP contribution in [0.25, 0.3) is 0 Å². The summed E-state index contributed by atoms with van der Waals surface area (Å²) in [5.74, 6) is 0. The lowest BCUT2D eigenvalue weighted by atomic mass is 10.3. The number of benzene rings is 1. The number of aliphatic hydroxyl groups is 1. The van der Waals surface area contributed by atoms with E-state index >= 15 is 0 Å². The number of aliphatic hydroxyl groups excluding tert-OH is 1. The predicted octanol–water partition coefficient (Wildman–Crippen LogP) is 0.871. The van der Waals surface area contributed by atoms with Crippen LogP contribution in [0.1, 0.15) is 5.56 Å². The van der Waals surface area contributed by atoms with Crippen molar-refractivity contribution < 1.29 is 14.8 Å². The van der Waals surface area contributed by atoms with Crippen LogP contribution in [0.15, 0.2) is 43.8 Å². The van der Waals surface area contributed by atoms with Crippen LogP contribution in [-0.2, 0) is 11.5 Å². The molecule has 0 aliphatic rings. The Balaban J connectivity index is 2.38. The van der Waals surface area contributed by atoms with Gasteiger partial charge in [0, 0.05) is 22.6 Å². The van der Waals surface area contributed by atoms with Crippen LogP contribution in [0, 0.1) is 17.0 Å². The molecule has 24 heavy (non-hydrogen) atoms. The lowest BCUT2D eigenvalue weighted by molar-refractivity contribution is -0.384. The van der Waals surface area contributed by atoms with E-state index in [-0.39, 0.29) is 25.6 Å². The lowest BCUT2D eigenvalue weighted by Gasteiger charge is -2.14. The van der Waals surface area contributed by atoms with Crippen molar-refractivity contribution in [1.82, 2.24) is 9.55 Å².